The molecule has 22 heavy (non-hydrogen) atoms. The summed E-state index contributed by atoms with van der Waals surface area (Å²) in [5, 5.41) is 18.3. The van der Waals surface area contributed by atoms with Crippen LogP contribution < -0.4 is 10.5 Å². The molecule has 0 spiro atoms. The molecule has 0 aromatic heterocycles. The number of hydrogen-bond donors (Lipinski definition) is 3. The molecule has 0 aliphatic rings. The van der Waals surface area contributed by atoms with Crippen LogP contribution in [0.4, 0.5) is 0 Å². The van der Waals surface area contributed by atoms with Gasteiger partial charge in [-0.15, -0.1) is 0 Å². The van der Waals surface area contributed by atoms with Crippen LogP contribution in [0.1, 0.15) is 5.56 Å². The van der Waals surface area contributed by atoms with Crippen molar-refractivity contribution in [1.82, 2.24) is 0 Å². The maximum absolute atomic E-state index is 10.7. The molecule has 0 heterocycles. The number of rotatable bonds is 5. The standard InChI is InChI=1S/C15H13I2NO4/c16-11-6-9(19)7-12(17)14(11)22-10-3-1-8(2-4-10)5-13(18)15(20)21/h1-4,6-7,13,19H,5,18H2,(H,20,21). The van der Waals surface area contributed by atoms with Gasteiger partial charge in [0.05, 0.1) is 7.14 Å². The third-order valence-electron chi connectivity index (χ3n) is 2.90. The highest BCUT2D eigenvalue weighted by molar-refractivity contribution is 14.1. The summed E-state index contributed by atoms with van der Waals surface area (Å²) in [5.41, 5.74) is 6.34. The molecule has 4 N–H and O–H groups in total. The topological polar surface area (TPSA) is 92.8 Å². The van der Waals surface area contributed by atoms with Gasteiger partial charge in [-0.25, -0.2) is 0 Å². The Kier molecular flexibility index (Phi) is 5.87. The Hall–Kier alpha value is -1.07. The maximum atomic E-state index is 10.7. The van der Waals surface area contributed by atoms with Crippen LogP contribution >= 0.6 is 45.2 Å². The van der Waals surface area contributed by atoms with Gasteiger partial charge in [0.15, 0.2) is 5.75 Å². The van der Waals surface area contributed by atoms with Crippen molar-refractivity contribution in [1.29, 1.82) is 0 Å². The summed E-state index contributed by atoms with van der Waals surface area (Å²) in [7, 11) is 0. The lowest BCUT2D eigenvalue weighted by Gasteiger charge is -2.11. The maximum Gasteiger partial charge on any atom is 0.320 e. The van der Waals surface area contributed by atoms with E-state index < -0.39 is 12.0 Å². The molecule has 0 fully saturated rings. The second-order valence-electron chi connectivity index (χ2n) is 4.63. The highest BCUT2D eigenvalue weighted by Crippen LogP contribution is 2.34. The van der Waals surface area contributed by atoms with E-state index in [4.69, 9.17) is 15.6 Å². The van der Waals surface area contributed by atoms with E-state index in [2.05, 4.69) is 45.2 Å². The number of hydrogen-bond acceptors (Lipinski definition) is 4. The number of benzene rings is 2. The molecule has 0 aliphatic heterocycles. The summed E-state index contributed by atoms with van der Waals surface area (Å²) >= 11 is 4.19. The first-order valence-electron chi connectivity index (χ1n) is 6.30. The zero-order valence-electron chi connectivity index (χ0n) is 11.3. The second kappa shape index (κ2) is 7.47. The summed E-state index contributed by atoms with van der Waals surface area (Å²) in [6, 6.07) is 9.45. The van der Waals surface area contributed by atoms with Crippen molar-refractivity contribution in [3.05, 3.63) is 49.1 Å². The molecule has 1 atom stereocenters. The molecule has 0 radical (unpaired) electrons. The lowest BCUT2D eigenvalue weighted by atomic mass is 10.1. The van der Waals surface area contributed by atoms with E-state index in [9.17, 15) is 9.90 Å². The molecule has 2 rings (SSSR count). The quantitative estimate of drug-likeness (QED) is 0.522. The Labute approximate surface area is 154 Å². The minimum Gasteiger partial charge on any atom is -0.508 e. The van der Waals surface area contributed by atoms with Crippen LogP contribution in [-0.4, -0.2) is 22.2 Å². The van der Waals surface area contributed by atoms with E-state index in [-0.39, 0.29) is 12.2 Å². The van der Waals surface area contributed by atoms with E-state index in [1.807, 2.05) is 0 Å². The van der Waals surface area contributed by atoms with Gasteiger partial charge in [-0.1, -0.05) is 12.1 Å². The summed E-state index contributed by atoms with van der Waals surface area (Å²) in [4.78, 5) is 10.7. The predicted molar refractivity (Wildman–Crippen MR) is 99.4 cm³/mol. The first kappa shape index (κ1) is 17.3. The molecule has 5 nitrogen and oxygen atoms in total. The number of phenols is 1. The molecular formula is C15H13I2NO4. The average Bonchev–Trinajstić information content (AvgIpc) is 2.44. The normalized spacial score (nSPS) is 12.0. The van der Waals surface area contributed by atoms with Crippen LogP contribution in [0.2, 0.25) is 0 Å². The molecule has 0 aliphatic carbocycles. The van der Waals surface area contributed by atoms with E-state index in [1.54, 1.807) is 36.4 Å². The third-order valence-corrected chi connectivity index (χ3v) is 4.50. The molecule has 0 saturated carbocycles. The van der Waals surface area contributed by atoms with Gasteiger partial charge < -0.3 is 20.7 Å². The fraction of sp³-hybridized carbons (Fsp3) is 0.133. The van der Waals surface area contributed by atoms with Crippen LogP contribution in [0.15, 0.2) is 36.4 Å². The van der Waals surface area contributed by atoms with Crippen molar-refractivity contribution >= 4 is 51.2 Å². The molecule has 7 heteroatoms. The number of phenolic OH excluding ortho intramolecular Hbond substituents is 1. The summed E-state index contributed by atoms with van der Waals surface area (Å²) in [6.07, 6.45) is 0.268. The molecule has 0 saturated heterocycles. The Morgan fingerprint density at radius 1 is 1.18 bits per heavy atom. The highest BCUT2D eigenvalue weighted by Gasteiger charge is 2.13. The molecule has 1 unspecified atom stereocenters. The first-order valence-corrected chi connectivity index (χ1v) is 8.45. The lowest BCUT2D eigenvalue weighted by Crippen LogP contribution is -2.32. The fourth-order valence-electron chi connectivity index (χ4n) is 1.80. The fourth-order valence-corrected chi connectivity index (χ4v) is 3.75. The van der Waals surface area contributed by atoms with Crippen LogP contribution in [0, 0.1) is 7.14 Å². The van der Waals surface area contributed by atoms with E-state index >= 15 is 0 Å². The number of aromatic hydroxyl groups is 1. The van der Waals surface area contributed by atoms with E-state index in [1.165, 1.54) is 0 Å². The van der Waals surface area contributed by atoms with Gasteiger partial charge in [-0.2, -0.15) is 0 Å². The molecule has 0 amide bonds. The number of ether oxygens (including phenoxy) is 1. The van der Waals surface area contributed by atoms with E-state index in [0.717, 1.165) is 12.7 Å². The van der Waals surface area contributed by atoms with Gasteiger partial charge in [0.1, 0.15) is 17.5 Å². The van der Waals surface area contributed by atoms with E-state index in [0.29, 0.717) is 11.5 Å². The minimum atomic E-state index is -1.02. The van der Waals surface area contributed by atoms with Gasteiger partial charge in [0.2, 0.25) is 0 Å². The lowest BCUT2D eigenvalue weighted by molar-refractivity contribution is -0.138. The number of carbonyl (C=O) groups is 1. The van der Waals surface area contributed by atoms with Crippen molar-refractivity contribution in [3.8, 4) is 17.2 Å². The Balaban J connectivity index is 2.14. The number of carboxylic acid groups (broad SMARTS) is 1. The van der Waals surface area contributed by atoms with Crippen molar-refractivity contribution in [2.45, 2.75) is 12.5 Å². The third kappa shape index (κ3) is 4.46. The second-order valence-corrected chi connectivity index (χ2v) is 6.96. The van der Waals surface area contributed by atoms with Crippen LogP contribution in [0.3, 0.4) is 0 Å². The summed E-state index contributed by atoms with van der Waals surface area (Å²) < 4.78 is 7.44. The summed E-state index contributed by atoms with van der Waals surface area (Å²) in [6.45, 7) is 0. The Morgan fingerprint density at radius 2 is 1.73 bits per heavy atom. The molecule has 0 bridgehead atoms. The van der Waals surface area contributed by atoms with Crippen molar-refractivity contribution in [2.75, 3.05) is 0 Å². The number of carboxylic acids is 1. The van der Waals surface area contributed by atoms with Crippen molar-refractivity contribution < 1.29 is 19.7 Å². The number of aliphatic carboxylic acids is 1. The molecule has 2 aromatic carbocycles. The predicted octanol–water partition coefficient (Wildman–Crippen LogP) is 3.35. The zero-order chi connectivity index (χ0) is 16.3. The Bertz CT molecular complexity index is 665. The van der Waals surface area contributed by atoms with Crippen LogP contribution in [-0.2, 0) is 11.2 Å². The highest BCUT2D eigenvalue weighted by atomic mass is 127. The SMILES string of the molecule is NC(Cc1ccc(Oc2c(I)cc(O)cc2I)cc1)C(=O)O. The molecule has 116 valence electrons. The molecular weight excluding hydrogens is 512 g/mol. The van der Waals surface area contributed by atoms with Crippen LogP contribution in [0.5, 0.6) is 17.2 Å². The van der Waals surface area contributed by atoms with Crippen LogP contribution in [0.25, 0.3) is 0 Å². The minimum absolute atomic E-state index is 0.194. The van der Waals surface area contributed by atoms with Gasteiger partial charge >= 0.3 is 5.97 Å². The van der Waals surface area contributed by atoms with Gasteiger partial charge in [-0.05, 0) is 81.4 Å². The monoisotopic (exact) mass is 525 g/mol. The Morgan fingerprint density at radius 3 is 2.23 bits per heavy atom. The van der Waals surface area contributed by atoms with Crippen molar-refractivity contribution in [2.24, 2.45) is 5.73 Å². The summed E-state index contributed by atoms with van der Waals surface area (Å²) in [5.74, 6) is 0.482. The molecule has 2 aromatic rings. The largest absolute Gasteiger partial charge is 0.508 e. The van der Waals surface area contributed by atoms with Gasteiger partial charge in [0, 0.05) is 0 Å². The smallest absolute Gasteiger partial charge is 0.320 e. The van der Waals surface area contributed by atoms with Gasteiger partial charge in [-0.3, -0.25) is 4.79 Å². The average molecular weight is 525 g/mol. The number of nitrogens with two attached hydrogens (primary N) is 1. The van der Waals surface area contributed by atoms with Gasteiger partial charge in [0.25, 0.3) is 0 Å². The first-order chi connectivity index (χ1) is 10.4. The van der Waals surface area contributed by atoms with Crippen molar-refractivity contribution in [3.63, 3.8) is 0 Å². The number of halogens is 2. The zero-order valence-corrected chi connectivity index (χ0v) is 15.6.